The Morgan fingerprint density at radius 3 is 0.907 bits per heavy atom. The highest BCUT2D eigenvalue weighted by atomic mass is 31.2. The molecule has 0 atom stereocenters. The molecule has 0 spiro atoms. The Morgan fingerprint density at radius 1 is 0.390 bits per heavy atom. The summed E-state index contributed by atoms with van der Waals surface area (Å²) in [6.45, 7) is 20.1. The van der Waals surface area contributed by atoms with E-state index in [2.05, 4.69) is 46.7 Å². The van der Waals surface area contributed by atoms with Crippen molar-refractivity contribution in [1.82, 2.24) is 73.5 Å². The summed E-state index contributed by atoms with van der Waals surface area (Å²) in [6, 6.07) is 23.0. The maximum absolute atomic E-state index is 16.8. The van der Waals surface area contributed by atoms with Crippen molar-refractivity contribution in [2.45, 2.75) is 119 Å². The van der Waals surface area contributed by atoms with Crippen LogP contribution in [0.1, 0.15) is 113 Å². The molecule has 118 heavy (non-hydrogen) atoms. The van der Waals surface area contributed by atoms with E-state index in [1.54, 1.807) is 75.4 Å². The van der Waals surface area contributed by atoms with Crippen LogP contribution in [0.25, 0.3) is 83.2 Å². The number of hydrogen-bond donors (Lipinski definition) is 3. The van der Waals surface area contributed by atoms with E-state index in [1.165, 1.54) is 127 Å². The minimum absolute atomic E-state index is 0.0235. The summed E-state index contributed by atoms with van der Waals surface area (Å²) >= 11 is 0. The maximum Gasteiger partial charge on any atom is 0.333 e. The van der Waals surface area contributed by atoms with Crippen molar-refractivity contribution in [3.05, 3.63) is 277 Å². The summed E-state index contributed by atoms with van der Waals surface area (Å²) in [6.07, 6.45) is 12.7. The molecule has 3 aromatic carbocycles. The minimum Gasteiger partial charge on any atom is -0.360 e. The molecular weight excluding hydrogens is 1540 g/mol. The van der Waals surface area contributed by atoms with Crippen molar-refractivity contribution in [3.8, 4) is 50.8 Å². The lowest BCUT2D eigenvalue weighted by Gasteiger charge is -2.23. The average molecular weight is 1620 g/mol. The Balaban J connectivity index is 0.947. The van der Waals surface area contributed by atoms with Gasteiger partial charge in [0.15, 0.2) is 34.9 Å². The van der Waals surface area contributed by atoms with E-state index in [9.17, 15) is 14.4 Å². The molecule has 12 heterocycles. The van der Waals surface area contributed by atoms with Crippen LogP contribution in [0.4, 0.5) is 47.7 Å². The summed E-state index contributed by atoms with van der Waals surface area (Å²) in [7, 11) is 1.48. The van der Waals surface area contributed by atoms with Gasteiger partial charge in [-0.2, -0.15) is 29.3 Å². The molecule has 0 bridgehead atoms. The van der Waals surface area contributed by atoms with Crippen LogP contribution >= 0.6 is 8.60 Å². The van der Waals surface area contributed by atoms with Gasteiger partial charge < -0.3 is 56.8 Å². The quantitative estimate of drug-likeness (QED) is 0.0563. The summed E-state index contributed by atoms with van der Waals surface area (Å²) in [4.78, 5) is 102. The van der Waals surface area contributed by atoms with Gasteiger partial charge in [-0.3, -0.25) is 28.8 Å². The lowest BCUT2D eigenvalue weighted by atomic mass is 9.86. The van der Waals surface area contributed by atoms with Gasteiger partial charge in [-0.1, -0.05) is 77.8 Å². The first-order valence-corrected chi connectivity index (χ1v) is 38.2. The van der Waals surface area contributed by atoms with Crippen molar-refractivity contribution in [3.63, 3.8) is 0 Å². The number of nitrogens with one attached hydrogen (secondary N) is 3. The molecule has 15 rings (SSSR count). The second-order valence-electron chi connectivity index (χ2n) is 31.6. The van der Waals surface area contributed by atoms with Gasteiger partial charge in [0.05, 0.1) is 54.6 Å². The number of halogens is 3. The van der Waals surface area contributed by atoms with E-state index in [0.717, 1.165) is 14.0 Å². The molecule has 0 aliphatic carbocycles. The van der Waals surface area contributed by atoms with E-state index in [1.807, 2.05) is 62.3 Å². The van der Waals surface area contributed by atoms with Crippen LogP contribution in [-0.4, -0.2) is 73.5 Å². The summed E-state index contributed by atoms with van der Waals surface area (Å²) in [5.41, 5.74) is -2.16. The first kappa shape index (κ1) is 79.7. The second-order valence-corrected chi connectivity index (χ2v) is 32.9. The predicted octanol–water partition coefficient (Wildman–Crippen LogP) is 14.7. The lowest BCUT2D eigenvalue weighted by Crippen LogP contribution is -2.25. The molecule has 0 unspecified atom stereocenters. The zero-order valence-corrected chi connectivity index (χ0v) is 67.6. The normalized spacial score (nSPS) is 12.1. The smallest absolute Gasteiger partial charge is 0.333 e. The molecule has 0 fully saturated rings. The van der Waals surface area contributed by atoms with E-state index in [-0.39, 0.29) is 118 Å². The summed E-state index contributed by atoms with van der Waals surface area (Å²) < 4.78 is 94.5. The predicted molar refractivity (Wildman–Crippen MR) is 438 cm³/mol. The molecule has 30 nitrogen and oxygen atoms in total. The minimum atomic E-state index is -3.08. The topological polar surface area (TPSA) is 351 Å². The van der Waals surface area contributed by atoms with Crippen molar-refractivity contribution >= 4 is 75.4 Å². The largest absolute Gasteiger partial charge is 0.360 e. The van der Waals surface area contributed by atoms with Gasteiger partial charge in [0.2, 0.25) is 0 Å². The van der Waals surface area contributed by atoms with Crippen molar-refractivity contribution in [2.75, 3.05) is 16.0 Å². The molecule has 0 radical (unpaired) electrons. The number of pyridine rings is 6. The fourth-order valence-corrected chi connectivity index (χ4v) is 14.6. The third kappa shape index (κ3) is 15.7. The fraction of sp³-hybridized carbons (Fsp3) is 0.250. The zero-order valence-electron chi connectivity index (χ0n) is 66.7. The molecule has 12 aromatic heterocycles. The number of aryl methyl sites for hydroxylation is 6. The molecule has 0 saturated heterocycles. The Bertz CT molecular complexity index is 6310. The molecule has 0 amide bonds. The molecule has 3 N–H and O–H groups in total. The highest BCUT2D eigenvalue weighted by molar-refractivity contribution is 7.41. The number of fused-ring (bicyclic) bond motifs is 3. The van der Waals surface area contributed by atoms with Crippen LogP contribution in [0.2, 0.25) is 0 Å². The highest BCUT2D eigenvalue weighted by Gasteiger charge is 2.31. The van der Waals surface area contributed by atoms with Crippen LogP contribution in [0.5, 0.6) is 0 Å². The summed E-state index contributed by atoms with van der Waals surface area (Å²) in [5, 5.41) is 34.8. The number of aromatic nitrogens is 15. The highest BCUT2D eigenvalue weighted by Crippen LogP contribution is 2.47. The van der Waals surface area contributed by atoms with E-state index < -0.39 is 95.5 Å². The van der Waals surface area contributed by atoms with Crippen LogP contribution in [0.3, 0.4) is 0 Å². The SMILES string of the molecule is Cc1cc(Nc2cc(-c3ccnc(-n4ncc5cc(C(C)(C)C)cc(F)c5c4=O)c3COP(OCc3c(-c4cc(Nc5cc(C)on5)c(=O)n(C)c4)ccnc3-n3ncc4cc(C(C)(C)C)cc(F)c4c3=O)OCc3c(-c4cc(Nc5cc(C)on5)c(=O)n(C)c4)ccnc3-n3ncc4cc(C(C)(C)C)cc(F)c4c3=O)cn(C)c2=O)no1. The fourth-order valence-electron chi connectivity index (χ4n) is 13.7. The van der Waals surface area contributed by atoms with Crippen molar-refractivity contribution in [2.24, 2.45) is 21.1 Å². The first-order valence-electron chi connectivity index (χ1n) is 37.1. The van der Waals surface area contributed by atoms with Gasteiger partial charge in [-0.05, 0) is 143 Å². The molecule has 34 heteroatoms. The van der Waals surface area contributed by atoms with Crippen molar-refractivity contribution < 1.29 is 40.3 Å². The van der Waals surface area contributed by atoms with Gasteiger partial charge >= 0.3 is 8.60 Å². The third-order valence-electron chi connectivity index (χ3n) is 19.9. The lowest BCUT2D eigenvalue weighted by molar-refractivity contribution is 0.144. The van der Waals surface area contributed by atoms with Crippen LogP contribution in [-0.2, 0) is 70.8 Å². The number of benzene rings is 3. The molecule has 0 aliphatic heterocycles. The standard InChI is InChI=1S/C84H78F3N18O12P/c1-43-22-67(97-115-43)94-64-28-49(37-100(13)76(64)106)55-16-19-88-73(103-79(109)70-46(34-91-103)25-52(31-61(70)85)82(4,5)6)58(55)40-112-118(113-41-59-56(50-29-65(77(107)101(14)38-50)95-68-23-44(2)116-98-68)17-20-89-74(59)104-80(110)71-47(35-92-104)26-53(32-62(71)86)83(7,8)9)114-42-60-57(51-30-66(78(108)102(15)39-51)96-69-24-45(3)117-99-69)18-21-90-75(60)105-81(111)72-48(36-93-105)27-54(33-63(72)87)84(10,11)12/h16-39H,40-42H2,1-15H3,(H,94,97)(H,95,98)(H,96,99). The second kappa shape index (κ2) is 30.9. The van der Waals surface area contributed by atoms with Gasteiger partial charge in [0.25, 0.3) is 33.4 Å². The van der Waals surface area contributed by atoms with Crippen LogP contribution in [0, 0.1) is 38.2 Å². The zero-order chi connectivity index (χ0) is 83.9. The molecule has 15 aromatic rings. The van der Waals surface area contributed by atoms with Gasteiger partial charge in [-0.25, -0.2) is 28.1 Å². The van der Waals surface area contributed by atoms with E-state index in [0.29, 0.717) is 50.7 Å². The van der Waals surface area contributed by atoms with Gasteiger partial charge in [0.1, 0.15) is 51.8 Å². The van der Waals surface area contributed by atoms with Crippen LogP contribution < -0.4 is 49.3 Å². The molecule has 0 aliphatic rings. The van der Waals surface area contributed by atoms with Gasteiger partial charge in [0, 0.05) is 126 Å². The van der Waals surface area contributed by atoms with Crippen molar-refractivity contribution in [1.29, 1.82) is 0 Å². The molecular formula is C84H78F3N18O12P. The number of anilines is 6. The van der Waals surface area contributed by atoms with Crippen LogP contribution in [0.15, 0.2) is 189 Å². The summed E-state index contributed by atoms with van der Waals surface area (Å²) in [5.74, 6) is -1.19. The third-order valence-corrected chi connectivity index (χ3v) is 20.9. The Kier molecular flexibility index (Phi) is 20.9. The number of nitrogens with zero attached hydrogens (tertiary/aromatic N) is 15. The molecule has 0 saturated carbocycles. The monoisotopic (exact) mass is 1620 g/mol. The molecule has 602 valence electrons. The Labute approximate surface area is 670 Å². The number of hydrogen-bond acceptors (Lipinski definition) is 24. The Hall–Kier alpha value is -13.5. The van der Waals surface area contributed by atoms with E-state index >= 15 is 27.6 Å². The average Bonchev–Trinajstić information content (AvgIpc) is 0.933. The van der Waals surface area contributed by atoms with Gasteiger partial charge in [-0.15, -0.1) is 0 Å². The maximum atomic E-state index is 16.8. The Morgan fingerprint density at radius 2 is 0.661 bits per heavy atom. The first-order chi connectivity index (χ1) is 56.0. The van der Waals surface area contributed by atoms with E-state index in [4.69, 9.17) is 42.1 Å². The number of rotatable bonds is 21.